The van der Waals surface area contributed by atoms with E-state index in [-0.39, 0.29) is 13.2 Å². The normalized spacial score (nSPS) is 46.6. The molecule has 3 aliphatic heterocycles. The summed E-state index contributed by atoms with van der Waals surface area (Å²) in [6.45, 7) is -0.181. The molecule has 25 heavy (non-hydrogen) atoms. The highest BCUT2D eigenvalue weighted by atomic mass is 17.0. The molecule has 13 nitrogen and oxygen atoms in total. The summed E-state index contributed by atoms with van der Waals surface area (Å²) in [6, 6.07) is 0. The van der Waals surface area contributed by atoms with Crippen molar-refractivity contribution in [3.05, 3.63) is 10.1 Å². The second-order valence-corrected chi connectivity index (χ2v) is 5.87. The third-order valence-corrected chi connectivity index (χ3v) is 4.31. The Labute approximate surface area is 139 Å². The average molecular weight is 367 g/mol. The van der Waals surface area contributed by atoms with Crippen LogP contribution in [0.3, 0.4) is 0 Å². The van der Waals surface area contributed by atoms with Crippen LogP contribution in [0.1, 0.15) is 0 Å². The summed E-state index contributed by atoms with van der Waals surface area (Å²) in [7, 11) is 0. The molecule has 0 radical (unpaired) electrons. The second-order valence-electron chi connectivity index (χ2n) is 5.87. The predicted molar refractivity (Wildman–Crippen MR) is 70.5 cm³/mol. The minimum atomic E-state index is -1.83. The number of nitrogens with zero attached hydrogens (tertiary/aromatic N) is 1. The van der Waals surface area contributed by atoms with Crippen LogP contribution in [-0.4, -0.2) is 99.8 Å². The maximum Gasteiger partial charge on any atom is 0.335 e. The highest BCUT2D eigenvalue weighted by Gasteiger charge is 2.53. The van der Waals surface area contributed by atoms with Crippen molar-refractivity contribution in [1.82, 2.24) is 0 Å². The highest BCUT2D eigenvalue weighted by Crippen LogP contribution is 2.33. The Balaban J connectivity index is 1.64. The summed E-state index contributed by atoms with van der Waals surface area (Å²) in [5, 5.41) is 47.8. The zero-order chi connectivity index (χ0) is 18.3. The number of carboxylic acid groups (broad SMARTS) is 1. The van der Waals surface area contributed by atoms with Crippen molar-refractivity contribution < 1.29 is 54.1 Å². The quantitative estimate of drug-likeness (QED) is 0.279. The fraction of sp³-hybridized carbons (Fsp3) is 0.917. The predicted octanol–water partition coefficient (Wildman–Crippen LogP) is -3.36. The number of carbonyl (C=O) groups is 1. The topological polar surface area (TPSA) is 187 Å². The van der Waals surface area contributed by atoms with Gasteiger partial charge in [0.25, 0.3) is 5.09 Å². The number of rotatable bonds is 5. The molecule has 3 rings (SSSR count). The SMILES string of the molecule is O=C(O)[C@H]1O[C@H](O[C@H]2CO[C@H]3[C@@H]2OC[C@H]3O[N+](=O)[O-])[C@H](O)[C@@H](O)[C@@H]1O. The molecule has 0 aromatic heterocycles. The maximum absolute atomic E-state index is 11.1. The van der Waals surface area contributed by atoms with Crippen LogP contribution in [0, 0.1) is 10.1 Å². The minimum absolute atomic E-state index is 0.0735. The number of fused-ring (bicyclic) bond motifs is 1. The zero-order valence-corrected chi connectivity index (χ0v) is 12.6. The second kappa shape index (κ2) is 6.95. The first-order valence-corrected chi connectivity index (χ1v) is 7.42. The molecule has 3 heterocycles. The molecule has 0 aliphatic carbocycles. The van der Waals surface area contributed by atoms with Gasteiger partial charge >= 0.3 is 5.97 Å². The Kier molecular flexibility index (Phi) is 5.06. The summed E-state index contributed by atoms with van der Waals surface area (Å²) in [6.07, 6.45) is -12.0. The van der Waals surface area contributed by atoms with E-state index in [1.54, 1.807) is 0 Å². The lowest BCUT2D eigenvalue weighted by Gasteiger charge is -2.39. The van der Waals surface area contributed by atoms with Crippen molar-refractivity contribution in [2.45, 2.75) is 55.1 Å². The first kappa shape index (κ1) is 18.2. The van der Waals surface area contributed by atoms with Gasteiger partial charge < -0.3 is 44.2 Å². The Morgan fingerprint density at radius 2 is 1.64 bits per heavy atom. The van der Waals surface area contributed by atoms with Gasteiger partial charge in [0.1, 0.15) is 36.6 Å². The van der Waals surface area contributed by atoms with Crippen molar-refractivity contribution in [2.75, 3.05) is 13.2 Å². The van der Waals surface area contributed by atoms with E-state index in [9.17, 15) is 30.2 Å². The minimum Gasteiger partial charge on any atom is -0.479 e. The molecule has 0 bridgehead atoms. The Hall–Kier alpha value is -1.61. The smallest absolute Gasteiger partial charge is 0.335 e. The number of carboxylic acids is 1. The van der Waals surface area contributed by atoms with E-state index in [1.165, 1.54) is 0 Å². The molecule has 0 spiro atoms. The van der Waals surface area contributed by atoms with E-state index < -0.39 is 66.2 Å². The van der Waals surface area contributed by atoms with Crippen molar-refractivity contribution in [3.63, 3.8) is 0 Å². The number of hydrogen-bond acceptors (Lipinski definition) is 11. The van der Waals surface area contributed by atoms with Crippen LogP contribution in [0.4, 0.5) is 0 Å². The third-order valence-electron chi connectivity index (χ3n) is 4.31. The molecule has 0 amide bonds. The number of ether oxygens (including phenoxy) is 4. The molecule has 0 unspecified atom stereocenters. The van der Waals surface area contributed by atoms with E-state index in [0.717, 1.165) is 0 Å². The van der Waals surface area contributed by atoms with Crippen LogP contribution in [0.2, 0.25) is 0 Å². The van der Waals surface area contributed by atoms with Gasteiger partial charge in [-0.15, -0.1) is 10.1 Å². The van der Waals surface area contributed by atoms with Gasteiger partial charge in [0.05, 0.1) is 13.2 Å². The standard InChI is InChI=1S/C12H17NO12/c14-5-6(15)10(11(17)18)24-12(7(5)16)23-3-1-21-9-4(25-13(19)20)2-22-8(3)9/h3-10,12,14-16H,1-2H2,(H,17,18)/t3-,4+,5-,6-,7+,8+,9+,10-,12-/m0/s1. The lowest BCUT2D eigenvalue weighted by molar-refractivity contribution is -0.769. The van der Waals surface area contributed by atoms with Crippen LogP contribution < -0.4 is 0 Å². The van der Waals surface area contributed by atoms with Crippen molar-refractivity contribution in [2.24, 2.45) is 0 Å². The number of hydrogen-bond donors (Lipinski definition) is 4. The Morgan fingerprint density at radius 3 is 2.24 bits per heavy atom. The number of aliphatic hydroxyl groups excluding tert-OH is 3. The van der Waals surface area contributed by atoms with Gasteiger partial charge in [-0.25, -0.2) is 4.79 Å². The van der Waals surface area contributed by atoms with E-state index in [1.807, 2.05) is 0 Å². The van der Waals surface area contributed by atoms with E-state index in [4.69, 9.17) is 24.1 Å². The van der Waals surface area contributed by atoms with Gasteiger partial charge in [0, 0.05) is 0 Å². The van der Waals surface area contributed by atoms with Crippen LogP contribution in [-0.2, 0) is 28.6 Å². The number of aliphatic hydroxyl groups is 3. The van der Waals surface area contributed by atoms with Crippen LogP contribution in [0.15, 0.2) is 0 Å². The first-order chi connectivity index (χ1) is 11.8. The molecule has 142 valence electrons. The Bertz CT molecular complexity index is 530. The van der Waals surface area contributed by atoms with Gasteiger partial charge in [-0.2, -0.15) is 0 Å². The molecule has 3 aliphatic rings. The molecular formula is C12H17NO12. The molecule has 4 N–H and O–H groups in total. The maximum atomic E-state index is 11.1. The molecular weight excluding hydrogens is 350 g/mol. The fourth-order valence-electron chi connectivity index (χ4n) is 3.08. The first-order valence-electron chi connectivity index (χ1n) is 7.42. The summed E-state index contributed by atoms with van der Waals surface area (Å²) in [4.78, 5) is 25.9. The average Bonchev–Trinajstić information content (AvgIpc) is 3.11. The Morgan fingerprint density at radius 1 is 1.04 bits per heavy atom. The summed E-state index contributed by atoms with van der Waals surface area (Å²) < 4.78 is 21.2. The van der Waals surface area contributed by atoms with Crippen LogP contribution in [0.25, 0.3) is 0 Å². The van der Waals surface area contributed by atoms with Crippen molar-refractivity contribution >= 4 is 5.97 Å². The van der Waals surface area contributed by atoms with Crippen LogP contribution in [0.5, 0.6) is 0 Å². The fourth-order valence-corrected chi connectivity index (χ4v) is 3.08. The van der Waals surface area contributed by atoms with Gasteiger partial charge in [0.15, 0.2) is 18.5 Å². The summed E-state index contributed by atoms with van der Waals surface area (Å²) >= 11 is 0. The molecule has 3 fully saturated rings. The third kappa shape index (κ3) is 3.39. The molecule has 0 aromatic rings. The van der Waals surface area contributed by atoms with Gasteiger partial charge in [0.2, 0.25) is 0 Å². The van der Waals surface area contributed by atoms with Crippen LogP contribution >= 0.6 is 0 Å². The zero-order valence-electron chi connectivity index (χ0n) is 12.6. The van der Waals surface area contributed by atoms with Gasteiger partial charge in [-0.1, -0.05) is 0 Å². The highest BCUT2D eigenvalue weighted by molar-refractivity contribution is 5.73. The van der Waals surface area contributed by atoms with Gasteiger partial charge in [-0.3, -0.25) is 0 Å². The van der Waals surface area contributed by atoms with E-state index in [0.29, 0.717) is 0 Å². The van der Waals surface area contributed by atoms with Crippen molar-refractivity contribution in [3.8, 4) is 0 Å². The lowest BCUT2D eigenvalue weighted by Crippen LogP contribution is -2.61. The summed E-state index contributed by atoms with van der Waals surface area (Å²) in [5.74, 6) is -1.54. The number of aliphatic carboxylic acids is 1. The lowest BCUT2D eigenvalue weighted by atomic mass is 9.99. The van der Waals surface area contributed by atoms with Gasteiger partial charge in [-0.05, 0) is 0 Å². The monoisotopic (exact) mass is 367 g/mol. The molecule has 0 saturated carbocycles. The summed E-state index contributed by atoms with van der Waals surface area (Å²) in [5.41, 5.74) is 0. The largest absolute Gasteiger partial charge is 0.479 e. The molecule has 0 aromatic carbocycles. The molecule has 13 heteroatoms. The van der Waals surface area contributed by atoms with E-state index >= 15 is 0 Å². The van der Waals surface area contributed by atoms with E-state index in [2.05, 4.69) is 4.84 Å². The molecule has 9 atom stereocenters. The molecule has 3 saturated heterocycles. The van der Waals surface area contributed by atoms with Crippen molar-refractivity contribution in [1.29, 1.82) is 0 Å².